The molecule has 1 aliphatic carbocycles. The molecular formula is C15H30N2O2. The largest absolute Gasteiger partial charge is 0.480 e. The summed E-state index contributed by atoms with van der Waals surface area (Å²) in [6.07, 6.45) is 4.53. The van der Waals surface area contributed by atoms with E-state index >= 15 is 0 Å². The molecule has 0 aromatic rings. The number of rotatable bonds is 8. The Morgan fingerprint density at radius 3 is 2.58 bits per heavy atom. The van der Waals surface area contributed by atoms with Gasteiger partial charge in [0.1, 0.15) is 6.04 Å². The van der Waals surface area contributed by atoms with Crippen LogP contribution in [0, 0.1) is 11.8 Å². The summed E-state index contributed by atoms with van der Waals surface area (Å²) in [4.78, 5) is 13.8. The normalized spacial score (nSPS) is 25.5. The molecule has 0 amide bonds. The number of hydrogen-bond acceptors (Lipinski definition) is 3. The average Bonchev–Trinajstić information content (AvgIpc) is 2.38. The molecule has 1 aliphatic rings. The number of carbonyl (C=O) groups is 1. The van der Waals surface area contributed by atoms with Gasteiger partial charge in [-0.25, -0.2) is 0 Å². The Kier molecular flexibility index (Phi) is 7.39. The first kappa shape index (κ1) is 16.4. The van der Waals surface area contributed by atoms with Gasteiger partial charge in [-0.3, -0.25) is 4.79 Å². The number of hydrogen-bond donors (Lipinski definition) is 2. The molecule has 0 saturated heterocycles. The minimum absolute atomic E-state index is 0.304. The van der Waals surface area contributed by atoms with Gasteiger partial charge in [0.05, 0.1) is 0 Å². The second kappa shape index (κ2) is 8.54. The quantitative estimate of drug-likeness (QED) is 0.710. The third-order valence-electron chi connectivity index (χ3n) is 4.40. The Morgan fingerprint density at radius 2 is 2.05 bits per heavy atom. The molecule has 0 heterocycles. The zero-order valence-electron chi connectivity index (χ0n) is 12.7. The molecule has 0 aromatic carbocycles. The van der Waals surface area contributed by atoms with E-state index in [2.05, 4.69) is 31.0 Å². The van der Waals surface area contributed by atoms with E-state index in [0.717, 1.165) is 39.0 Å². The van der Waals surface area contributed by atoms with Crippen molar-refractivity contribution < 1.29 is 9.90 Å². The molecule has 0 aliphatic heterocycles. The highest BCUT2D eigenvalue weighted by atomic mass is 16.4. The number of nitrogens with one attached hydrogen (secondary N) is 1. The molecule has 0 aromatic heterocycles. The monoisotopic (exact) mass is 270 g/mol. The molecular weight excluding hydrogens is 240 g/mol. The molecule has 112 valence electrons. The van der Waals surface area contributed by atoms with Crippen LogP contribution in [0.1, 0.15) is 46.5 Å². The topological polar surface area (TPSA) is 52.6 Å². The van der Waals surface area contributed by atoms with E-state index in [-0.39, 0.29) is 6.04 Å². The van der Waals surface area contributed by atoms with Gasteiger partial charge in [0, 0.05) is 13.1 Å². The zero-order valence-corrected chi connectivity index (χ0v) is 12.7. The second-order valence-corrected chi connectivity index (χ2v) is 5.83. The summed E-state index contributed by atoms with van der Waals surface area (Å²) < 4.78 is 0. The standard InChI is InChI=1S/C15H30N2O2/c1-4-17(5-2)10-9-16-14(15(18)19)13-8-6-7-12(3)11-13/h12-14,16H,4-11H2,1-3H3,(H,18,19). The van der Waals surface area contributed by atoms with Crippen molar-refractivity contribution in [1.82, 2.24) is 10.2 Å². The van der Waals surface area contributed by atoms with Gasteiger partial charge in [0.25, 0.3) is 0 Å². The Balaban J connectivity index is 2.42. The SMILES string of the molecule is CCN(CC)CCNC(C(=O)O)C1CCCC(C)C1. The Bertz CT molecular complexity index is 267. The van der Waals surface area contributed by atoms with Crippen LogP contribution < -0.4 is 5.32 Å². The van der Waals surface area contributed by atoms with Crippen molar-refractivity contribution in [1.29, 1.82) is 0 Å². The molecule has 1 rings (SSSR count). The third-order valence-corrected chi connectivity index (χ3v) is 4.40. The number of aliphatic carboxylic acids is 1. The van der Waals surface area contributed by atoms with Crippen LogP contribution >= 0.6 is 0 Å². The fourth-order valence-corrected chi connectivity index (χ4v) is 3.16. The van der Waals surface area contributed by atoms with Gasteiger partial charge in [-0.1, -0.05) is 33.6 Å². The molecule has 0 radical (unpaired) electrons. The molecule has 3 unspecified atom stereocenters. The highest BCUT2D eigenvalue weighted by molar-refractivity contribution is 5.73. The molecule has 19 heavy (non-hydrogen) atoms. The Labute approximate surface area is 117 Å². The lowest BCUT2D eigenvalue weighted by Gasteiger charge is -2.32. The molecule has 4 heteroatoms. The summed E-state index contributed by atoms with van der Waals surface area (Å²) in [6.45, 7) is 10.3. The number of likely N-dealkylation sites (N-methyl/N-ethyl adjacent to an activating group) is 1. The van der Waals surface area contributed by atoms with Crippen molar-refractivity contribution in [3.63, 3.8) is 0 Å². The van der Waals surface area contributed by atoms with E-state index in [9.17, 15) is 9.90 Å². The van der Waals surface area contributed by atoms with Crippen LogP contribution in [0.2, 0.25) is 0 Å². The highest BCUT2D eigenvalue weighted by Crippen LogP contribution is 2.30. The van der Waals surface area contributed by atoms with E-state index in [1.165, 1.54) is 12.8 Å². The fraction of sp³-hybridized carbons (Fsp3) is 0.933. The van der Waals surface area contributed by atoms with Crippen LogP contribution in [0.15, 0.2) is 0 Å². The van der Waals surface area contributed by atoms with E-state index in [1.807, 2.05) is 0 Å². The molecule has 4 nitrogen and oxygen atoms in total. The van der Waals surface area contributed by atoms with E-state index in [0.29, 0.717) is 11.8 Å². The molecule has 1 saturated carbocycles. The lowest BCUT2D eigenvalue weighted by Crippen LogP contribution is -2.47. The van der Waals surface area contributed by atoms with Gasteiger partial charge >= 0.3 is 5.97 Å². The minimum Gasteiger partial charge on any atom is -0.480 e. The van der Waals surface area contributed by atoms with Crippen LogP contribution in [0.25, 0.3) is 0 Å². The number of carboxylic acid groups (broad SMARTS) is 1. The van der Waals surface area contributed by atoms with Crippen molar-refractivity contribution in [2.45, 2.75) is 52.5 Å². The van der Waals surface area contributed by atoms with Crippen LogP contribution in [-0.2, 0) is 4.79 Å². The summed E-state index contributed by atoms with van der Waals surface area (Å²) in [5.74, 6) is 0.293. The smallest absolute Gasteiger partial charge is 0.320 e. The Hall–Kier alpha value is -0.610. The molecule has 2 N–H and O–H groups in total. The van der Waals surface area contributed by atoms with Gasteiger partial charge in [-0.05, 0) is 37.8 Å². The van der Waals surface area contributed by atoms with E-state index < -0.39 is 5.97 Å². The molecule has 1 fully saturated rings. The van der Waals surface area contributed by atoms with Crippen molar-refractivity contribution in [2.75, 3.05) is 26.2 Å². The van der Waals surface area contributed by atoms with Gasteiger partial charge in [-0.15, -0.1) is 0 Å². The maximum absolute atomic E-state index is 11.4. The van der Waals surface area contributed by atoms with Gasteiger partial charge in [-0.2, -0.15) is 0 Å². The van der Waals surface area contributed by atoms with Crippen molar-refractivity contribution in [3.05, 3.63) is 0 Å². The molecule has 0 spiro atoms. The fourth-order valence-electron chi connectivity index (χ4n) is 3.16. The first-order valence-electron chi connectivity index (χ1n) is 7.77. The number of nitrogens with zero attached hydrogens (tertiary/aromatic N) is 1. The molecule has 3 atom stereocenters. The predicted molar refractivity (Wildman–Crippen MR) is 78.3 cm³/mol. The zero-order chi connectivity index (χ0) is 14.3. The average molecular weight is 270 g/mol. The summed E-state index contributed by atoms with van der Waals surface area (Å²) in [5.41, 5.74) is 0. The van der Waals surface area contributed by atoms with Gasteiger partial charge in [0.15, 0.2) is 0 Å². The van der Waals surface area contributed by atoms with Crippen molar-refractivity contribution in [3.8, 4) is 0 Å². The van der Waals surface area contributed by atoms with Crippen molar-refractivity contribution in [2.24, 2.45) is 11.8 Å². The van der Waals surface area contributed by atoms with E-state index in [1.54, 1.807) is 0 Å². The van der Waals surface area contributed by atoms with E-state index in [4.69, 9.17) is 0 Å². The molecule has 0 bridgehead atoms. The lowest BCUT2D eigenvalue weighted by atomic mass is 9.78. The summed E-state index contributed by atoms with van der Waals surface area (Å²) in [5, 5.41) is 12.7. The summed E-state index contributed by atoms with van der Waals surface area (Å²) >= 11 is 0. The van der Waals surface area contributed by atoms with Crippen molar-refractivity contribution >= 4 is 5.97 Å². The van der Waals surface area contributed by atoms with Gasteiger partial charge in [0.2, 0.25) is 0 Å². The first-order valence-corrected chi connectivity index (χ1v) is 7.77. The maximum atomic E-state index is 11.4. The Morgan fingerprint density at radius 1 is 1.37 bits per heavy atom. The van der Waals surface area contributed by atoms with Crippen LogP contribution in [0.4, 0.5) is 0 Å². The maximum Gasteiger partial charge on any atom is 0.320 e. The lowest BCUT2D eigenvalue weighted by molar-refractivity contribution is -0.141. The van der Waals surface area contributed by atoms with Crippen LogP contribution in [0.3, 0.4) is 0 Å². The third kappa shape index (κ3) is 5.49. The van der Waals surface area contributed by atoms with Crippen LogP contribution in [-0.4, -0.2) is 48.2 Å². The predicted octanol–water partition coefficient (Wildman–Crippen LogP) is 2.20. The van der Waals surface area contributed by atoms with Crippen LogP contribution in [0.5, 0.6) is 0 Å². The second-order valence-electron chi connectivity index (χ2n) is 5.83. The summed E-state index contributed by atoms with van der Waals surface area (Å²) in [7, 11) is 0. The highest BCUT2D eigenvalue weighted by Gasteiger charge is 2.31. The number of carboxylic acids is 1. The summed E-state index contributed by atoms with van der Waals surface area (Å²) in [6, 6.07) is -0.363. The first-order chi connectivity index (χ1) is 9.08. The minimum atomic E-state index is -0.682. The van der Waals surface area contributed by atoms with Gasteiger partial charge < -0.3 is 15.3 Å².